The average molecular weight is 382 g/mol. The third-order valence-electron chi connectivity index (χ3n) is 3.76. The Morgan fingerprint density at radius 3 is 2.35 bits per heavy atom. The lowest BCUT2D eigenvalue weighted by atomic mass is 10.2. The molecule has 140 valence electrons. The van der Waals surface area contributed by atoms with Crippen LogP contribution in [-0.2, 0) is 27.9 Å². The molecule has 2 aromatic carbocycles. The molecule has 8 heteroatoms. The van der Waals surface area contributed by atoms with Gasteiger partial charge in [-0.3, -0.25) is 4.79 Å². The number of amides is 1. The molecule has 0 unspecified atom stereocenters. The number of nitrogens with one attached hydrogen (secondary N) is 1. The maximum absolute atomic E-state index is 13.5. The molecule has 2 rings (SSSR count). The Bertz CT molecular complexity index is 855. The zero-order valence-electron chi connectivity index (χ0n) is 14.3. The van der Waals surface area contributed by atoms with Crippen LogP contribution < -0.4 is 5.32 Å². The number of hydrogen-bond donors (Lipinski definition) is 1. The Morgan fingerprint density at radius 1 is 1.08 bits per heavy atom. The fourth-order valence-electron chi connectivity index (χ4n) is 2.31. The minimum atomic E-state index is -3.54. The molecule has 0 atom stereocenters. The molecular formula is C18H20F2N2O3S. The van der Waals surface area contributed by atoms with Crippen molar-refractivity contribution in [3.8, 4) is 0 Å². The minimum absolute atomic E-state index is 0.0285. The van der Waals surface area contributed by atoms with Crippen molar-refractivity contribution in [3.63, 3.8) is 0 Å². The topological polar surface area (TPSA) is 66.5 Å². The Labute approximate surface area is 151 Å². The van der Waals surface area contributed by atoms with Crippen LogP contribution in [0, 0.1) is 11.6 Å². The summed E-state index contributed by atoms with van der Waals surface area (Å²) in [6.07, 6.45) is 0.983. The SMILES string of the molecule is CS(=O)(=O)N(CCC(=O)NCc1ccccc1F)Cc1ccc(F)cc1. The van der Waals surface area contributed by atoms with Gasteiger partial charge in [0, 0.05) is 31.6 Å². The molecule has 0 saturated heterocycles. The van der Waals surface area contributed by atoms with Crippen molar-refractivity contribution in [2.24, 2.45) is 0 Å². The maximum atomic E-state index is 13.5. The van der Waals surface area contributed by atoms with Crippen molar-refractivity contribution in [2.75, 3.05) is 12.8 Å². The van der Waals surface area contributed by atoms with Crippen molar-refractivity contribution < 1.29 is 22.0 Å². The van der Waals surface area contributed by atoms with Crippen LogP contribution in [0.1, 0.15) is 17.5 Å². The summed E-state index contributed by atoms with van der Waals surface area (Å²) in [7, 11) is -3.54. The number of benzene rings is 2. The zero-order chi connectivity index (χ0) is 19.2. The van der Waals surface area contributed by atoms with E-state index in [-0.39, 0.29) is 32.0 Å². The number of rotatable bonds is 8. The van der Waals surface area contributed by atoms with Gasteiger partial charge in [-0.05, 0) is 23.8 Å². The van der Waals surface area contributed by atoms with Crippen LogP contribution in [0.2, 0.25) is 0 Å². The fourth-order valence-corrected chi connectivity index (χ4v) is 3.11. The number of carbonyl (C=O) groups excluding carboxylic acids is 1. The molecule has 1 amide bonds. The summed E-state index contributed by atoms with van der Waals surface area (Å²) in [6, 6.07) is 11.6. The average Bonchev–Trinajstić information content (AvgIpc) is 2.58. The van der Waals surface area contributed by atoms with E-state index in [1.807, 2.05) is 0 Å². The normalized spacial score (nSPS) is 11.5. The first-order valence-electron chi connectivity index (χ1n) is 7.95. The summed E-state index contributed by atoms with van der Waals surface area (Å²) in [6.45, 7) is 0.0430. The lowest BCUT2D eigenvalue weighted by Crippen LogP contribution is -2.34. The molecule has 0 aliphatic heterocycles. The van der Waals surface area contributed by atoms with Crippen molar-refractivity contribution >= 4 is 15.9 Å². The Morgan fingerprint density at radius 2 is 1.73 bits per heavy atom. The second kappa shape index (κ2) is 8.86. The third kappa shape index (κ3) is 6.20. The maximum Gasteiger partial charge on any atom is 0.221 e. The van der Waals surface area contributed by atoms with E-state index in [0.29, 0.717) is 11.1 Å². The summed E-state index contributed by atoms with van der Waals surface area (Å²) in [5, 5.41) is 2.57. The van der Waals surface area contributed by atoms with Crippen LogP contribution in [0.3, 0.4) is 0 Å². The van der Waals surface area contributed by atoms with Gasteiger partial charge in [0.15, 0.2) is 0 Å². The van der Waals surface area contributed by atoms with Gasteiger partial charge < -0.3 is 5.32 Å². The van der Waals surface area contributed by atoms with E-state index in [1.54, 1.807) is 18.2 Å². The highest BCUT2D eigenvalue weighted by atomic mass is 32.2. The van der Waals surface area contributed by atoms with Crippen molar-refractivity contribution in [3.05, 3.63) is 71.3 Å². The van der Waals surface area contributed by atoms with E-state index < -0.39 is 21.7 Å². The van der Waals surface area contributed by atoms with E-state index in [4.69, 9.17) is 0 Å². The fraction of sp³-hybridized carbons (Fsp3) is 0.278. The van der Waals surface area contributed by atoms with E-state index in [9.17, 15) is 22.0 Å². The molecule has 0 saturated carbocycles. The van der Waals surface area contributed by atoms with Crippen LogP contribution in [0.15, 0.2) is 48.5 Å². The second-order valence-electron chi connectivity index (χ2n) is 5.84. The molecule has 5 nitrogen and oxygen atoms in total. The lowest BCUT2D eigenvalue weighted by Gasteiger charge is -2.20. The summed E-state index contributed by atoms with van der Waals surface area (Å²) < 4.78 is 51.4. The Hall–Kier alpha value is -2.32. The molecule has 0 bridgehead atoms. The van der Waals surface area contributed by atoms with Gasteiger partial charge >= 0.3 is 0 Å². The number of nitrogens with zero attached hydrogens (tertiary/aromatic N) is 1. The van der Waals surface area contributed by atoms with Gasteiger partial charge in [-0.15, -0.1) is 0 Å². The van der Waals surface area contributed by atoms with Gasteiger partial charge in [0.1, 0.15) is 11.6 Å². The lowest BCUT2D eigenvalue weighted by molar-refractivity contribution is -0.121. The minimum Gasteiger partial charge on any atom is -0.352 e. The van der Waals surface area contributed by atoms with Crippen molar-refractivity contribution in [1.29, 1.82) is 0 Å². The predicted octanol–water partition coefficient (Wildman–Crippen LogP) is 2.43. The van der Waals surface area contributed by atoms with E-state index >= 15 is 0 Å². The van der Waals surface area contributed by atoms with E-state index in [1.165, 1.54) is 30.3 Å². The summed E-state index contributed by atoms with van der Waals surface area (Å²) >= 11 is 0. The highest BCUT2D eigenvalue weighted by Gasteiger charge is 2.18. The quantitative estimate of drug-likeness (QED) is 0.763. The van der Waals surface area contributed by atoms with Crippen molar-refractivity contribution in [1.82, 2.24) is 9.62 Å². The molecule has 0 heterocycles. The van der Waals surface area contributed by atoms with E-state index in [2.05, 4.69) is 5.32 Å². The van der Waals surface area contributed by atoms with E-state index in [0.717, 1.165) is 10.6 Å². The van der Waals surface area contributed by atoms with Crippen LogP contribution in [-0.4, -0.2) is 31.4 Å². The van der Waals surface area contributed by atoms with Gasteiger partial charge in [0.05, 0.1) is 6.26 Å². The monoisotopic (exact) mass is 382 g/mol. The first-order chi connectivity index (χ1) is 12.3. The Balaban J connectivity index is 1.91. The predicted molar refractivity (Wildman–Crippen MR) is 94.5 cm³/mol. The molecule has 0 aliphatic carbocycles. The molecule has 0 fully saturated rings. The molecule has 26 heavy (non-hydrogen) atoms. The first kappa shape index (κ1) is 20.0. The number of carbonyl (C=O) groups is 1. The number of sulfonamides is 1. The smallest absolute Gasteiger partial charge is 0.221 e. The van der Waals surface area contributed by atoms with Crippen LogP contribution >= 0.6 is 0 Å². The highest BCUT2D eigenvalue weighted by Crippen LogP contribution is 2.11. The largest absolute Gasteiger partial charge is 0.352 e. The summed E-state index contributed by atoms with van der Waals surface area (Å²) in [5.41, 5.74) is 0.968. The van der Waals surface area contributed by atoms with Crippen molar-refractivity contribution in [2.45, 2.75) is 19.5 Å². The summed E-state index contributed by atoms with van der Waals surface area (Å²) in [4.78, 5) is 12.0. The van der Waals surface area contributed by atoms with Crippen LogP contribution in [0.25, 0.3) is 0 Å². The molecule has 0 spiro atoms. The second-order valence-corrected chi connectivity index (χ2v) is 7.82. The van der Waals surface area contributed by atoms with Gasteiger partial charge in [0.2, 0.25) is 15.9 Å². The van der Waals surface area contributed by atoms with Crippen LogP contribution in [0.5, 0.6) is 0 Å². The summed E-state index contributed by atoms with van der Waals surface area (Å²) in [5.74, 6) is -1.21. The molecule has 0 radical (unpaired) electrons. The Kier molecular flexibility index (Phi) is 6.82. The number of halogens is 2. The van der Waals surface area contributed by atoms with Gasteiger partial charge in [0.25, 0.3) is 0 Å². The highest BCUT2D eigenvalue weighted by molar-refractivity contribution is 7.88. The molecule has 0 aromatic heterocycles. The van der Waals surface area contributed by atoms with Gasteiger partial charge in [-0.2, -0.15) is 4.31 Å². The standard InChI is InChI=1S/C18H20F2N2O3S/c1-26(24,25)22(13-14-6-8-16(19)9-7-14)11-10-18(23)21-12-15-4-2-3-5-17(15)20/h2-9H,10-13H2,1H3,(H,21,23). The van der Waals surface area contributed by atoms with Gasteiger partial charge in [-0.1, -0.05) is 30.3 Å². The van der Waals surface area contributed by atoms with Gasteiger partial charge in [-0.25, -0.2) is 17.2 Å². The zero-order valence-corrected chi connectivity index (χ0v) is 15.1. The molecule has 2 aromatic rings. The third-order valence-corrected chi connectivity index (χ3v) is 5.01. The first-order valence-corrected chi connectivity index (χ1v) is 9.80. The number of hydrogen-bond acceptors (Lipinski definition) is 3. The molecular weight excluding hydrogens is 362 g/mol. The molecule has 0 aliphatic rings. The molecule has 1 N–H and O–H groups in total. The van der Waals surface area contributed by atoms with Crippen LogP contribution in [0.4, 0.5) is 8.78 Å².